The quantitative estimate of drug-likeness (QED) is 0.657. The van der Waals surface area contributed by atoms with E-state index in [1.54, 1.807) is 30.3 Å². The van der Waals surface area contributed by atoms with Gasteiger partial charge < -0.3 is 15.4 Å². The Kier molecular flexibility index (Phi) is 5.64. The third-order valence-corrected chi connectivity index (χ3v) is 4.18. The number of para-hydroxylation sites is 1. The molecular weight excluding hydrogens is 356 g/mol. The van der Waals surface area contributed by atoms with Crippen LogP contribution in [0.2, 0.25) is 0 Å². The molecule has 7 nitrogen and oxygen atoms in total. The molecule has 0 fully saturated rings. The van der Waals surface area contributed by atoms with E-state index in [2.05, 4.69) is 20.6 Å². The van der Waals surface area contributed by atoms with Gasteiger partial charge in [0.1, 0.15) is 17.8 Å². The average Bonchev–Trinajstić information content (AvgIpc) is 2.70. The number of esters is 1. The van der Waals surface area contributed by atoms with Crippen molar-refractivity contribution in [1.82, 2.24) is 9.97 Å². The molecule has 3 aromatic rings. The second-order valence-corrected chi connectivity index (χ2v) is 6.21. The maximum absolute atomic E-state index is 12.6. The van der Waals surface area contributed by atoms with Crippen molar-refractivity contribution in [2.75, 3.05) is 17.7 Å². The number of hydrogen-bond donors (Lipinski definition) is 2. The largest absolute Gasteiger partial charge is 0.465 e. The molecule has 1 aromatic heterocycles. The van der Waals surface area contributed by atoms with Crippen molar-refractivity contribution in [2.24, 2.45) is 0 Å². The van der Waals surface area contributed by atoms with Crippen LogP contribution in [0.15, 0.2) is 54.9 Å². The van der Waals surface area contributed by atoms with E-state index in [-0.39, 0.29) is 11.6 Å². The maximum atomic E-state index is 12.6. The van der Waals surface area contributed by atoms with Gasteiger partial charge in [-0.2, -0.15) is 0 Å². The van der Waals surface area contributed by atoms with Crippen molar-refractivity contribution in [3.8, 4) is 0 Å². The number of nitrogens with one attached hydrogen (secondary N) is 2. The highest BCUT2D eigenvalue weighted by Crippen LogP contribution is 2.21. The van der Waals surface area contributed by atoms with Gasteiger partial charge in [-0.1, -0.05) is 24.3 Å². The van der Waals surface area contributed by atoms with Crippen LogP contribution in [-0.2, 0) is 4.74 Å². The number of carbonyl (C=O) groups is 2. The summed E-state index contributed by atoms with van der Waals surface area (Å²) in [4.78, 5) is 32.5. The summed E-state index contributed by atoms with van der Waals surface area (Å²) in [7, 11) is 1.33. The lowest BCUT2D eigenvalue weighted by Gasteiger charge is -2.12. The maximum Gasteiger partial charge on any atom is 0.337 e. The van der Waals surface area contributed by atoms with Crippen LogP contribution in [0.25, 0.3) is 0 Å². The lowest BCUT2D eigenvalue weighted by atomic mass is 10.1. The monoisotopic (exact) mass is 376 g/mol. The summed E-state index contributed by atoms with van der Waals surface area (Å²) in [6.45, 7) is 3.87. The van der Waals surface area contributed by atoms with Crippen LogP contribution in [0.4, 0.5) is 17.2 Å². The minimum Gasteiger partial charge on any atom is -0.465 e. The first-order chi connectivity index (χ1) is 13.5. The van der Waals surface area contributed by atoms with Crippen molar-refractivity contribution in [3.63, 3.8) is 0 Å². The molecule has 0 aliphatic heterocycles. The molecule has 142 valence electrons. The predicted molar refractivity (Wildman–Crippen MR) is 107 cm³/mol. The van der Waals surface area contributed by atoms with Gasteiger partial charge in [0.2, 0.25) is 0 Å². The number of nitrogens with zero attached hydrogens (tertiary/aromatic N) is 2. The second-order valence-electron chi connectivity index (χ2n) is 6.21. The van der Waals surface area contributed by atoms with Crippen LogP contribution in [0.5, 0.6) is 0 Å². The summed E-state index contributed by atoms with van der Waals surface area (Å²) in [6, 6.07) is 14.2. The molecule has 0 saturated carbocycles. The summed E-state index contributed by atoms with van der Waals surface area (Å²) in [5, 5.41) is 5.97. The number of aryl methyl sites for hydroxylation is 2. The fourth-order valence-corrected chi connectivity index (χ4v) is 2.73. The van der Waals surface area contributed by atoms with Crippen LogP contribution in [0, 0.1) is 13.8 Å². The Hall–Kier alpha value is -3.74. The van der Waals surface area contributed by atoms with E-state index in [1.165, 1.54) is 13.4 Å². The fraction of sp³-hybridized carbons (Fsp3) is 0.143. The van der Waals surface area contributed by atoms with Gasteiger partial charge in [-0.25, -0.2) is 14.8 Å². The zero-order valence-corrected chi connectivity index (χ0v) is 15.8. The van der Waals surface area contributed by atoms with E-state index in [0.717, 1.165) is 16.8 Å². The highest BCUT2D eigenvalue weighted by atomic mass is 16.5. The van der Waals surface area contributed by atoms with Crippen molar-refractivity contribution in [2.45, 2.75) is 13.8 Å². The fourth-order valence-electron chi connectivity index (χ4n) is 2.73. The van der Waals surface area contributed by atoms with Gasteiger partial charge in [0.15, 0.2) is 0 Å². The number of carbonyl (C=O) groups excluding carboxylic acids is 2. The number of aromatic nitrogens is 2. The molecule has 0 aliphatic rings. The van der Waals surface area contributed by atoms with Gasteiger partial charge in [0.05, 0.1) is 12.7 Å². The topological polar surface area (TPSA) is 93.2 Å². The lowest BCUT2D eigenvalue weighted by molar-refractivity contribution is 0.0600. The third-order valence-electron chi connectivity index (χ3n) is 4.18. The van der Waals surface area contributed by atoms with E-state index < -0.39 is 5.97 Å². The molecule has 2 N–H and O–H groups in total. The molecule has 1 heterocycles. The Bertz CT molecular complexity index is 1010. The van der Waals surface area contributed by atoms with Crippen LogP contribution >= 0.6 is 0 Å². The summed E-state index contributed by atoms with van der Waals surface area (Å²) >= 11 is 0. The van der Waals surface area contributed by atoms with E-state index in [0.29, 0.717) is 17.1 Å². The Balaban J connectivity index is 1.79. The number of rotatable bonds is 5. The minimum atomic E-state index is -0.431. The van der Waals surface area contributed by atoms with Crippen LogP contribution in [0.1, 0.15) is 32.0 Å². The summed E-state index contributed by atoms with van der Waals surface area (Å²) in [6.07, 6.45) is 1.31. The van der Waals surface area contributed by atoms with Gasteiger partial charge in [0, 0.05) is 17.4 Å². The number of hydrogen-bond acceptors (Lipinski definition) is 6. The van der Waals surface area contributed by atoms with Crippen molar-refractivity contribution in [1.29, 1.82) is 0 Å². The standard InChI is InChI=1S/C21H20N4O3/c1-13-6-4-7-14(2)19(13)25-20(26)17-11-18(23-12-22-17)24-16-9-5-8-15(10-16)21(27)28-3/h4-12H,1-3H3,(H,25,26)(H,22,23,24). The van der Waals surface area contributed by atoms with Crippen LogP contribution < -0.4 is 10.6 Å². The molecule has 2 aromatic carbocycles. The van der Waals surface area contributed by atoms with E-state index in [9.17, 15) is 9.59 Å². The first-order valence-electron chi connectivity index (χ1n) is 8.63. The van der Waals surface area contributed by atoms with E-state index in [1.807, 2.05) is 32.0 Å². The molecule has 0 spiro atoms. The molecule has 0 radical (unpaired) electrons. The Morgan fingerprint density at radius 1 is 0.964 bits per heavy atom. The van der Waals surface area contributed by atoms with E-state index >= 15 is 0 Å². The van der Waals surface area contributed by atoms with Crippen LogP contribution in [-0.4, -0.2) is 29.0 Å². The first-order valence-corrected chi connectivity index (χ1v) is 8.63. The second kappa shape index (κ2) is 8.30. The number of ether oxygens (including phenoxy) is 1. The molecule has 0 aliphatic carbocycles. The molecule has 1 amide bonds. The van der Waals surface area contributed by atoms with Gasteiger partial charge >= 0.3 is 5.97 Å². The molecular formula is C21H20N4O3. The molecule has 0 bridgehead atoms. The highest BCUT2D eigenvalue weighted by molar-refractivity contribution is 6.04. The SMILES string of the molecule is COC(=O)c1cccc(Nc2cc(C(=O)Nc3c(C)cccc3C)ncn2)c1. The number of amides is 1. The van der Waals surface area contributed by atoms with Gasteiger partial charge in [0.25, 0.3) is 5.91 Å². The molecule has 0 saturated heterocycles. The van der Waals surface area contributed by atoms with Gasteiger partial charge in [-0.3, -0.25) is 4.79 Å². The summed E-state index contributed by atoms with van der Waals surface area (Å²) in [5.74, 6) is -0.324. The van der Waals surface area contributed by atoms with Crippen LogP contribution in [0.3, 0.4) is 0 Å². The smallest absolute Gasteiger partial charge is 0.337 e. The summed E-state index contributed by atoms with van der Waals surface area (Å²) < 4.78 is 4.72. The van der Waals surface area contributed by atoms with E-state index in [4.69, 9.17) is 4.74 Å². The van der Waals surface area contributed by atoms with Crippen molar-refractivity contribution >= 4 is 29.1 Å². The number of methoxy groups -OCH3 is 1. The molecule has 3 rings (SSSR count). The molecule has 0 atom stereocenters. The van der Waals surface area contributed by atoms with Crippen molar-refractivity contribution in [3.05, 3.63) is 77.2 Å². The number of benzene rings is 2. The zero-order valence-electron chi connectivity index (χ0n) is 15.8. The number of anilines is 3. The zero-order chi connectivity index (χ0) is 20.1. The third kappa shape index (κ3) is 4.32. The van der Waals surface area contributed by atoms with Gasteiger partial charge in [-0.15, -0.1) is 0 Å². The Morgan fingerprint density at radius 3 is 2.39 bits per heavy atom. The first kappa shape index (κ1) is 19.0. The van der Waals surface area contributed by atoms with Crippen molar-refractivity contribution < 1.29 is 14.3 Å². The highest BCUT2D eigenvalue weighted by Gasteiger charge is 2.12. The minimum absolute atomic E-state index is 0.226. The average molecular weight is 376 g/mol. The molecule has 7 heteroatoms. The van der Waals surface area contributed by atoms with Gasteiger partial charge in [-0.05, 0) is 43.2 Å². The summed E-state index contributed by atoms with van der Waals surface area (Å²) in [5.41, 5.74) is 3.99. The predicted octanol–water partition coefficient (Wildman–Crippen LogP) is 3.88. The normalized spacial score (nSPS) is 10.2. The Labute approximate surface area is 162 Å². The molecule has 28 heavy (non-hydrogen) atoms. The Morgan fingerprint density at radius 2 is 1.68 bits per heavy atom. The molecule has 0 unspecified atom stereocenters. The lowest BCUT2D eigenvalue weighted by Crippen LogP contribution is -2.16.